The lowest BCUT2D eigenvalue weighted by Gasteiger charge is -2.31. The van der Waals surface area contributed by atoms with E-state index in [9.17, 15) is 8.42 Å². The minimum Gasteiger partial charge on any atom is -0.228 e. The third-order valence-corrected chi connectivity index (χ3v) is 6.25. The lowest BCUT2D eigenvalue weighted by molar-refractivity contribution is 0.585. The van der Waals surface area contributed by atoms with Crippen LogP contribution in [0.2, 0.25) is 0 Å². The molecule has 2 aromatic carbocycles. The molecule has 2 aromatic rings. The largest absolute Gasteiger partial charge is 0.228 e. The summed E-state index contributed by atoms with van der Waals surface area (Å²) in [4.78, 5) is 0. The highest BCUT2D eigenvalue weighted by molar-refractivity contribution is 7.91. The normalized spacial score (nSPS) is 20.9. The van der Waals surface area contributed by atoms with Gasteiger partial charge in [0.2, 0.25) is 0 Å². The van der Waals surface area contributed by atoms with Crippen molar-refractivity contribution in [3.05, 3.63) is 65.3 Å². The van der Waals surface area contributed by atoms with Crippen LogP contribution in [0.1, 0.15) is 35.6 Å². The molecule has 0 radical (unpaired) electrons. The van der Waals surface area contributed by atoms with Crippen LogP contribution >= 0.6 is 0 Å². The van der Waals surface area contributed by atoms with Gasteiger partial charge in [-0.1, -0.05) is 54.1 Å². The van der Waals surface area contributed by atoms with Gasteiger partial charge >= 0.3 is 0 Å². The number of allylic oxidation sites excluding steroid dienone is 4. The Balaban J connectivity index is 2.10. The Kier molecular flexibility index (Phi) is 3.01. The molecule has 0 heterocycles. The molecule has 0 bridgehead atoms. The first-order valence-electron chi connectivity index (χ1n) is 7.65. The zero-order valence-electron chi connectivity index (χ0n) is 12.5. The average molecular weight is 310 g/mol. The maximum Gasteiger partial charge on any atom is 0.154 e. The van der Waals surface area contributed by atoms with Crippen LogP contribution < -0.4 is 0 Å². The monoisotopic (exact) mass is 310 g/mol. The fourth-order valence-corrected chi connectivity index (χ4v) is 4.96. The van der Waals surface area contributed by atoms with Gasteiger partial charge in [0.1, 0.15) is 0 Å². The molecule has 0 amide bonds. The van der Waals surface area contributed by atoms with Gasteiger partial charge in [-0.3, -0.25) is 0 Å². The van der Waals surface area contributed by atoms with Gasteiger partial charge in [-0.25, -0.2) is 8.42 Å². The summed E-state index contributed by atoms with van der Waals surface area (Å²) in [7, 11) is -3.14. The van der Waals surface area contributed by atoms with Crippen LogP contribution in [0, 0.1) is 0 Å². The van der Waals surface area contributed by atoms with Crippen molar-refractivity contribution in [3.8, 4) is 0 Å². The first kappa shape index (κ1) is 13.8. The summed E-state index contributed by atoms with van der Waals surface area (Å²) < 4.78 is 24.9. The SMILES string of the molecule is CS(=O)(=O)C1CC2=C(C=CCC2)c2ccc3ccccc3c21. The Morgan fingerprint density at radius 1 is 1.09 bits per heavy atom. The Morgan fingerprint density at radius 2 is 1.91 bits per heavy atom. The molecule has 0 saturated carbocycles. The summed E-state index contributed by atoms with van der Waals surface area (Å²) >= 11 is 0. The number of fused-ring (bicyclic) bond motifs is 4. The van der Waals surface area contributed by atoms with E-state index < -0.39 is 15.1 Å². The molecule has 3 heteroatoms. The van der Waals surface area contributed by atoms with Gasteiger partial charge in [-0.05, 0) is 46.7 Å². The molecule has 1 atom stereocenters. The van der Waals surface area contributed by atoms with Gasteiger partial charge in [0.15, 0.2) is 9.84 Å². The van der Waals surface area contributed by atoms with Crippen LogP contribution in [-0.2, 0) is 9.84 Å². The van der Waals surface area contributed by atoms with E-state index in [1.807, 2.05) is 18.2 Å². The second-order valence-electron chi connectivity index (χ2n) is 6.23. The second-order valence-corrected chi connectivity index (χ2v) is 8.46. The summed E-state index contributed by atoms with van der Waals surface area (Å²) in [6, 6.07) is 12.3. The Bertz CT molecular complexity index is 933. The van der Waals surface area contributed by atoms with Crippen LogP contribution in [0.5, 0.6) is 0 Å². The third kappa shape index (κ3) is 2.03. The number of benzene rings is 2. The van der Waals surface area contributed by atoms with Crippen molar-refractivity contribution >= 4 is 26.2 Å². The van der Waals surface area contributed by atoms with Crippen LogP contribution in [0.3, 0.4) is 0 Å². The Labute approximate surface area is 131 Å². The minimum absolute atomic E-state index is 0.418. The highest BCUT2D eigenvalue weighted by Crippen LogP contribution is 2.47. The lowest BCUT2D eigenvalue weighted by Crippen LogP contribution is -2.19. The van der Waals surface area contributed by atoms with Crippen molar-refractivity contribution in [2.75, 3.05) is 6.26 Å². The molecule has 2 nitrogen and oxygen atoms in total. The topological polar surface area (TPSA) is 34.1 Å². The van der Waals surface area contributed by atoms with E-state index >= 15 is 0 Å². The van der Waals surface area contributed by atoms with E-state index in [1.165, 1.54) is 17.4 Å². The molecule has 0 aliphatic heterocycles. The Morgan fingerprint density at radius 3 is 2.73 bits per heavy atom. The summed E-state index contributed by atoms with van der Waals surface area (Å²) in [6.45, 7) is 0. The van der Waals surface area contributed by atoms with E-state index in [0.717, 1.165) is 34.7 Å². The molecule has 0 N–H and O–H groups in total. The van der Waals surface area contributed by atoms with Crippen LogP contribution in [0.15, 0.2) is 54.1 Å². The number of sulfone groups is 1. The molecule has 0 aromatic heterocycles. The van der Waals surface area contributed by atoms with Crippen molar-refractivity contribution in [2.24, 2.45) is 0 Å². The van der Waals surface area contributed by atoms with Crippen LogP contribution in [0.25, 0.3) is 16.3 Å². The number of rotatable bonds is 1. The molecule has 2 aliphatic rings. The zero-order chi connectivity index (χ0) is 15.3. The molecule has 0 spiro atoms. The minimum atomic E-state index is -3.14. The van der Waals surface area contributed by atoms with Crippen LogP contribution in [0.4, 0.5) is 0 Å². The van der Waals surface area contributed by atoms with E-state index in [-0.39, 0.29) is 0 Å². The van der Waals surface area contributed by atoms with E-state index in [2.05, 4.69) is 30.4 Å². The summed E-state index contributed by atoms with van der Waals surface area (Å²) in [5, 5.41) is 1.76. The molecular weight excluding hydrogens is 292 g/mol. The van der Waals surface area contributed by atoms with E-state index in [4.69, 9.17) is 0 Å². The van der Waals surface area contributed by atoms with Crippen molar-refractivity contribution in [1.82, 2.24) is 0 Å². The molecule has 0 saturated heterocycles. The van der Waals surface area contributed by atoms with Gasteiger partial charge < -0.3 is 0 Å². The predicted molar refractivity (Wildman–Crippen MR) is 91.4 cm³/mol. The van der Waals surface area contributed by atoms with Gasteiger partial charge in [0, 0.05) is 6.26 Å². The average Bonchev–Trinajstić information content (AvgIpc) is 2.52. The zero-order valence-corrected chi connectivity index (χ0v) is 13.4. The molecule has 22 heavy (non-hydrogen) atoms. The third-order valence-electron chi connectivity index (χ3n) is 4.81. The van der Waals surface area contributed by atoms with Crippen molar-refractivity contribution in [1.29, 1.82) is 0 Å². The fourth-order valence-electron chi connectivity index (χ4n) is 3.77. The highest BCUT2D eigenvalue weighted by Gasteiger charge is 2.33. The van der Waals surface area contributed by atoms with Gasteiger partial charge in [-0.2, -0.15) is 0 Å². The Hall–Kier alpha value is -1.87. The summed E-state index contributed by atoms with van der Waals surface area (Å²) in [6.07, 6.45) is 8.36. The number of hydrogen-bond donors (Lipinski definition) is 0. The lowest BCUT2D eigenvalue weighted by atomic mass is 9.79. The van der Waals surface area contributed by atoms with E-state index in [0.29, 0.717) is 6.42 Å². The molecule has 112 valence electrons. The smallest absolute Gasteiger partial charge is 0.154 e. The predicted octanol–water partition coefficient (Wildman–Crippen LogP) is 4.43. The molecule has 4 rings (SSSR count). The molecule has 2 aliphatic carbocycles. The van der Waals surface area contributed by atoms with E-state index in [1.54, 1.807) is 0 Å². The maximum absolute atomic E-state index is 12.4. The molecule has 0 fully saturated rings. The maximum atomic E-state index is 12.4. The first-order valence-corrected chi connectivity index (χ1v) is 9.60. The first-order chi connectivity index (χ1) is 10.6. The summed E-state index contributed by atoms with van der Waals surface area (Å²) in [5.74, 6) is 0. The summed E-state index contributed by atoms with van der Waals surface area (Å²) in [5.41, 5.74) is 4.63. The molecule has 1 unspecified atom stereocenters. The number of hydrogen-bond acceptors (Lipinski definition) is 2. The highest BCUT2D eigenvalue weighted by atomic mass is 32.2. The van der Waals surface area contributed by atoms with Crippen LogP contribution in [-0.4, -0.2) is 14.7 Å². The second kappa shape index (κ2) is 4.82. The van der Waals surface area contributed by atoms with Crippen molar-refractivity contribution in [3.63, 3.8) is 0 Å². The fraction of sp³-hybridized carbons (Fsp3) is 0.263. The standard InChI is InChI=1S/C19H18O2S/c1-22(20,21)18-12-14-7-3-4-8-15(14)17-11-10-13-6-2-5-9-16(13)19(17)18/h2,4-6,8-11,18H,3,7,12H2,1H3. The van der Waals surface area contributed by atoms with Gasteiger partial charge in [-0.15, -0.1) is 0 Å². The van der Waals surface area contributed by atoms with Gasteiger partial charge in [0.05, 0.1) is 5.25 Å². The quantitative estimate of drug-likeness (QED) is 0.780. The molecular formula is C19H18O2S. The van der Waals surface area contributed by atoms with Crippen molar-refractivity contribution in [2.45, 2.75) is 24.5 Å². The van der Waals surface area contributed by atoms with Gasteiger partial charge in [0.25, 0.3) is 0 Å². The van der Waals surface area contributed by atoms with Crippen molar-refractivity contribution < 1.29 is 8.42 Å².